The van der Waals surface area contributed by atoms with E-state index in [0.717, 1.165) is 79.0 Å². The van der Waals surface area contributed by atoms with Gasteiger partial charge in [-0.05, 0) is 99.9 Å². The first-order chi connectivity index (χ1) is 23.8. The highest BCUT2D eigenvalue weighted by molar-refractivity contribution is 5.78. The highest BCUT2D eigenvalue weighted by Gasteiger charge is 2.68. The summed E-state index contributed by atoms with van der Waals surface area (Å²) in [4.78, 5) is 16.8. The van der Waals surface area contributed by atoms with Crippen LogP contribution in [-0.4, -0.2) is 47.6 Å². The Morgan fingerprint density at radius 1 is 0.980 bits per heavy atom. The lowest BCUT2D eigenvalue weighted by Gasteiger charge is -2.37. The summed E-state index contributed by atoms with van der Waals surface area (Å²) in [6.07, 6.45) is 14.4. The monoisotopic (exact) mass is 700 g/mol. The van der Waals surface area contributed by atoms with Crippen LogP contribution in [0.2, 0.25) is 0 Å². The van der Waals surface area contributed by atoms with Crippen LogP contribution in [0, 0.1) is 35.0 Å². The molecule has 2 aliphatic carbocycles. The predicted octanol–water partition coefficient (Wildman–Crippen LogP) is 9.31. The van der Waals surface area contributed by atoms with Crippen LogP contribution in [0.1, 0.15) is 107 Å². The van der Waals surface area contributed by atoms with Gasteiger partial charge in [0.05, 0.1) is 17.9 Å². The lowest BCUT2D eigenvalue weighted by atomic mass is 9.86. The Morgan fingerprint density at radius 3 is 2.27 bits per heavy atom. The minimum absolute atomic E-state index is 0.0369. The van der Waals surface area contributed by atoms with Gasteiger partial charge < -0.3 is 26.2 Å². The van der Waals surface area contributed by atoms with Crippen molar-refractivity contribution in [3.63, 3.8) is 0 Å². The number of allylic oxidation sites excluding steroid dienone is 6. The molecule has 2 fully saturated rings. The van der Waals surface area contributed by atoms with Crippen LogP contribution < -0.4 is 21.3 Å². The molecule has 3 aliphatic rings. The highest BCUT2D eigenvalue weighted by atomic mass is 16.2. The molecule has 0 spiro atoms. The quantitative estimate of drug-likeness (QED) is 0.0955. The first-order valence-corrected chi connectivity index (χ1v) is 19.6. The zero-order valence-corrected chi connectivity index (χ0v) is 33.8. The maximum Gasteiger partial charge on any atom is 0.225 e. The zero-order chi connectivity index (χ0) is 38.2. The number of carbonyl (C=O) groups is 1. The molecule has 1 amide bonds. The van der Waals surface area contributed by atoms with Crippen LogP contribution in [0.25, 0.3) is 0 Å². The van der Waals surface area contributed by atoms with Crippen molar-refractivity contribution >= 4 is 5.91 Å². The summed E-state index contributed by atoms with van der Waals surface area (Å²) in [7, 11) is 0. The van der Waals surface area contributed by atoms with E-state index in [-0.39, 0.29) is 41.4 Å². The minimum atomic E-state index is -0.108. The van der Waals surface area contributed by atoms with Crippen molar-refractivity contribution in [2.75, 3.05) is 6.54 Å². The lowest BCUT2D eigenvalue weighted by molar-refractivity contribution is -0.133. The van der Waals surface area contributed by atoms with E-state index < -0.39 is 0 Å². The number of amides is 1. The molecule has 4 N–H and O–H groups in total. The second-order valence-corrected chi connectivity index (χ2v) is 17.5. The summed E-state index contributed by atoms with van der Waals surface area (Å²) >= 11 is 0. The standard InChI is InChI=1S/C45H73N5O/c1-28(2)24-40(34(11)29(3)4)47-35(12)44-43-38(45(43,14)15)27-50(44)42(51)26-41(37-21-19-17-16-18-20-32(9)25-37)49-36(13)48-39(30(5)6)23-22-33(10)46-31(7)8/h16-18,20,28,30-31,37-41,43-44,46-49H,3,9-13,19,21-27H2,1-2,4-8,14-15H3/b17-16-,20-18-/t37?,38-,39?,40?,41?,43-,44?/m0/s1. The van der Waals surface area contributed by atoms with Crippen LogP contribution in [0.15, 0.2) is 97.7 Å². The van der Waals surface area contributed by atoms with E-state index in [1.54, 1.807) is 0 Å². The van der Waals surface area contributed by atoms with Gasteiger partial charge in [-0.2, -0.15) is 0 Å². The van der Waals surface area contributed by atoms with E-state index in [1.807, 2.05) is 6.92 Å². The fraction of sp³-hybridized carbons (Fsp3) is 0.622. The summed E-state index contributed by atoms with van der Waals surface area (Å²) in [5.41, 5.74) is 5.22. The van der Waals surface area contributed by atoms with Gasteiger partial charge in [-0.1, -0.05) is 116 Å². The molecule has 284 valence electrons. The molecule has 6 heteroatoms. The molecule has 0 aromatic carbocycles. The van der Waals surface area contributed by atoms with Crippen LogP contribution in [0.4, 0.5) is 0 Å². The van der Waals surface area contributed by atoms with Crippen molar-refractivity contribution in [1.29, 1.82) is 0 Å². The Balaban J connectivity index is 1.85. The fourth-order valence-corrected chi connectivity index (χ4v) is 8.35. The second kappa shape index (κ2) is 18.4. The molecule has 3 rings (SSSR count). The molecule has 1 aliphatic heterocycles. The molecule has 0 bridgehead atoms. The molecule has 1 heterocycles. The Hall–Kier alpha value is -3.41. The Labute approximate surface area is 312 Å². The van der Waals surface area contributed by atoms with Gasteiger partial charge in [0.25, 0.3) is 0 Å². The fourth-order valence-electron chi connectivity index (χ4n) is 8.35. The van der Waals surface area contributed by atoms with Crippen molar-refractivity contribution in [2.24, 2.45) is 35.0 Å². The van der Waals surface area contributed by atoms with Crippen molar-refractivity contribution in [3.05, 3.63) is 97.7 Å². The van der Waals surface area contributed by atoms with Crippen molar-refractivity contribution in [3.8, 4) is 0 Å². The maximum absolute atomic E-state index is 14.6. The number of fused-ring (bicyclic) bond motifs is 1. The third-order valence-corrected chi connectivity index (χ3v) is 11.5. The number of hydrogen-bond acceptors (Lipinski definition) is 5. The van der Waals surface area contributed by atoms with Crippen LogP contribution in [-0.2, 0) is 4.79 Å². The molecule has 6 nitrogen and oxygen atoms in total. The molecular formula is C45H73N5O. The van der Waals surface area contributed by atoms with Gasteiger partial charge in [-0.3, -0.25) is 4.79 Å². The number of nitrogens with zero attached hydrogens (tertiary/aromatic N) is 1. The molecule has 0 radical (unpaired) electrons. The normalized spacial score (nSPS) is 25.4. The summed E-state index contributed by atoms with van der Waals surface area (Å²) < 4.78 is 0. The van der Waals surface area contributed by atoms with Crippen molar-refractivity contribution in [2.45, 2.75) is 137 Å². The highest BCUT2D eigenvalue weighted by Crippen LogP contribution is 2.65. The average molecular weight is 700 g/mol. The predicted molar refractivity (Wildman–Crippen MR) is 220 cm³/mol. The Morgan fingerprint density at radius 2 is 1.67 bits per heavy atom. The second-order valence-electron chi connectivity index (χ2n) is 17.5. The van der Waals surface area contributed by atoms with Gasteiger partial charge in [0.1, 0.15) is 0 Å². The largest absolute Gasteiger partial charge is 0.387 e. The SMILES string of the molecule is C=C1/C=C\C=C/CCC(C(CC(=O)N2C[C@H]3[C@@H](C2C(=C)NC(CC(C)C)C(=C)C(=C)C)C3(C)C)NC(=C)NC(CCC(=C)NC(C)C)C(C)C)C1. The molecule has 1 saturated carbocycles. The van der Waals surface area contributed by atoms with Gasteiger partial charge in [0, 0.05) is 42.5 Å². The number of piperidine rings is 1. The van der Waals surface area contributed by atoms with Gasteiger partial charge in [-0.15, -0.1) is 0 Å². The third kappa shape index (κ3) is 11.8. The van der Waals surface area contributed by atoms with Crippen LogP contribution in [0.3, 0.4) is 0 Å². The third-order valence-electron chi connectivity index (χ3n) is 11.5. The molecular weight excluding hydrogens is 627 g/mol. The molecule has 0 aromatic rings. The maximum atomic E-state index is 14.6. The van der Waals surface area contributed by atoms with E-state index >= 15 is 0 Å². The first-order valence-electron chi connectivity index (χ1n) is 19.6. The number of rotatable bonds is 20. The number of carbonyl (C=O) groups excluding carboxylic acids is 1. The molecule has 51 heavy (non-hydrogen) atoms. The summed E-state index contributed by atoms with van der Waals surface area (Å²) in [5.74, 6) is 2.88. The summed E-state index contributed by atoms with van der Waals surface area (Å²) in [5, 5.41) is 14.7. The van der Waals surface area contributed by atoms with E-state index in [0.29, 0.717) is 36.1 Å². The molecule has 1 saturated heterocycles. The smallest absolute Gasteiger partial charge is 0.225 e. The minimum Gasteiger partial charge on any atom is -0.387 e. The summed E-state index contributed by atoms with van der Waals surface area (Å²) in [6, 6.07) is 0.444. The van der Waals surface area contributed by atoms with Crippen LogP contribution in [0.5, 0.6) is 0 Å². The van der Waals surface area contributed by atoms with Gasteiger partial charge in [0.2, 0.25) is 5.91 Å². The van der Waals surface area contributed by atoms with E-state index in [9.17, 15) is 4.79 Å². The zero-order valence-electron chi connectivity index (χ0n) is 33.8. The Bertz CT molecular complexity index is 1360. The molecule has 5 unspecified atom stereocenters. The number of nitrogens with one attached hydrogen (secondary N) is 4. The number of hydrogen-bond donors (Lipinski definition) is 4. The lowest BCUT2D eigenvalue weighted by Crippen LogP contribution is -2.50. The average Bonchev–Trinajstić information content (AvgIpc) is 3.34. The van der Waals surface area contributed by atoms with E-state index in [1.165, 1.54) is 0 Å². The Kier molecular flexibility index (Phi) is 15.1. The van der Waals surface area contributed by atoms with Crippen molar-refractivity contribution in [1.82, 2.24) is 26.2 Å². The van der Waals surface area contributed by atoms with E-state index in [2.05, 4.69) is 145 Å². The summed E-state index contributed by atoms with van der Waals surface area (Å²) in [6.45, 7) is 46.9. The topological polar surface area (TPSA) is 68.4 Å². The molecule has 7 atom stereocenters. The van der Waals surface area contributed by atoms with Gasteiger partial charge in [-0.25, -0.2) is 0 Å². The van der Waals surface area contributed by atoms with Crippen molar-refractivity contribution < 1.29 is 4.79 Å². The number of likely N-dealkylation sites (tertiary alicyclic amines) is 1. The van der Waals surface area contributed by atoms with Gasteiger partial charge >= 0.3 is 0 Å². The van der Waals surface area contributed by atoms with Crippen LogP contribution >= 0.6 is 0 Å². The van der Waals surface area contributed by atoms with Gasteiger partial charge in [0.15, 0.2) is 0 Å². The molecule has 0 aromatic heterocycles. The first kappa shape index (κ1) is 42.0. The van der Waals surface area contributed by atoms with E-state index in [4.69, 9.17) is 0 Å².